The number of hydrogen-bond donors (Lipinski definition) is 0. The van der Waals surface area contributed by atoms with Gasteiger partial charge >= 0.3 is 0 Å². The number of fused-ring (bicyclic) bond motifs is 3. The van der Waals surface area contributed by atoms with Gasteiger partial charge in [0.1, 0.15) is 19.6 Å². The van der Waals surface area contributed by atoms with E-state index in [0.717, 1.165) is 38.7 Å². The van der Waals surface area contributed by atoms with Gasteiger partial charge in [0.25, 0.3) is 0 Å². The minimum absolute atomic E-state index is 0.321. The summed E-state index contributed by atoms with van der Waals surface area (Å²) in [6, 6.07) is 11.8. The molecule has 3 nitrogen and oxygen atoms in total. The van der Waals surface area contributed by atoms with Crippen molar-refractivity contribution in [2.75, 3.05) is 0 Å². The minimum Gasteiger partial charge on any atom is -0.456 e. The van der Waals surface area contributed by atoms with Gasteiger partial charge in [-0.25, -0.2) is 9.41 Å². The first-order valence-electron chi connectivity index (χ1n) is 9.98. The fourth-order valence-electron chi connectivity index (χ4n) is 3.60. The molecule has 0 bridgehead atoms. The zero-order valence-electron chi connectivity index (χ0n) is 18.3. The third kappa shape index (κ3) is 2.69. The highest BCUT2D eigenvalue weighted by Gasteiger charge is 2.21. The Balaban J connectivity index is 2.07. The molecule has 2 aromatic heterocycles. The molecular weight excluding hydrogens is 332 g/mol. The van der Waals surface area contributed by atoms with Gasteiger partial charge in [0, 0.05) is 23.8 Å². The predicted octanol–water partition coefficient (Wildman–Crippen LogP) is 6.37. The summed E-state index contributed by atoms with van der Waals surface area (Å²) < 4.78 is 25.0. The van der Waals surface area contributed by atoms with Gasteiger partial charge in [-0.05, 0) is 43.0 Å². The highest BCUT2D eigenvalue weighted by atomic mass is 16.3. The van der Waals surface area contributed by atoms with Crippen LogP contribution in [0.5, 0.6) is 0 Å². The number of nitrogens with zero attached hydrogens (tertiary/aromatic N) is 2. The van der Waals surface area contributed by atoms with Gasteiger partial charge < -0.3 is 4.42 Å². The second kappa shape index (κ2) is 6.25. The third-order valence-electron chi connectivity index (χ3n) is 5.14. The first-order valence-corrected chi connectivity index (χ1v) is 8.98. The van der Waals surface area contributed by atoms with E-state index in [2.05, 4.69) is 17.0 Å². The summed E-state index contributed by atoms with van der Waals surface area (Å²) in [5.41, 5.74) is 6.50. The molecule has 0 saturated carbocycles. The number of rotatable bonds is 2. The lowest BCUT2D eigenvalue weighted by Gasteiger charge is -2.08. The van der Waals surface area contributed by atoms with Crippen molar-refractivity contribution in [1.29, 1.82) is 0 Å². The topological polar surface area (TPSA) is 21.4 Å². The van der Waals surface area contributed by atoms with Crippen LogP contribution in [0.15, 0.2) is 47.0 Å². The molecule has 4 aromatic rings. The molecule has 4 rings (SSSR count). The Morgan fingerprint density at radius 2 is 1.89 bits per heavy atom. The summed E-state index contributed by atoms with van der Waals surface area (Å²) in [5, 5.41) is 1.99. The monoisotopic (exact) mass is 357 g/mol. The van der Waals surface area contributed by atoms with Crippen molar-refractivity contribution in [3.05, 3.63) is 70.7 Å². The van der Waals surface area contributed by atoms with Gasteiger partial charge in [0.15, 0.2) is 11.9 Å². The average molecular weight is 357 g/mol. The molecule has 0 spiro atoms. The van der Waals surface area contributed by atoms with Crippen molar-refractivity contribution in [2.24, 2.45) is 7.05 Å². The number of furan rings is 1. The van der Waals surface area contributed by atoms with E-state index in [-0.39, 0.29) is 0 Å². The van der Waals surface area contributed by atoms with Gasteiger partial charge in [0.05, 0.1) is 12.1 Å². The van der Waals surface area contributed by atoms with Crippen LogP contribution < -0.4 is 4.57 Å². The summed E-state index contributed by atoms with van der Waals surface area (Å²) >= 11 is 0. The van der Waals surface area contributed by atoms with Crippen LogP contribution in [0.3, 0.4) is 0 Å². The fraction of sp³-hybridized carbons (Fsp3) is 0.250. The zero-order valence-corrected chi connectivity index (χ0v) is 16.3. The molecular formula is C24H23N2O+. The van der Waals surface area contributed by atoms with E-state index in [1.165, 1.54) is 0 Å². The van der Waals surface area contributed by atoms with Gasteiger partial charge in [-0.1, -0.05) is 32.0 Å². The fourth-order valence-corrected chi connectivity index (χ4v) is 3.60. The lowest BCUT2D eigenvalue weighted by molar-refractivity contribution is -0.660. The molecule has 0 atom stereocenters. The molecule has 0 N–H and O–H groups in total. The van der Waals surface area contributed by atoms with Crippen LogP contribution in [-0.4, -0.2) is 0 Å². The van der Waals surface area contributed by atoms with Crippen LogP contribution in [0.25, 0.3) is 38.0 Å². The van der Waals surface area contributed by atoms with Crippen molar-refractivity contribution in [1.82, 2.24) is 0 Å². The molecule has 2 heterocycles. The van der Waals surface area contributed by atoms with Crippen LogP contribution >= 0.6 is 0 Å². The molecule has 0 unspecified atom stereocenters. The van der Waals surface area contributed by atoms with E-state index in [1.807, 2.05) is 43.7 Å². The molecule has 0 aliphatic heterocycles. The molecule has 0 saturated heterocycles. The molecule has 0 aliphatic rings. The van der Waals surface area contributed by atoms with Crippen molar-refractivity contribution < 1.29 is 11.7 Å². The number of aromatic nitrogens is 1. The Kier molecular flexibility index (Phi) is 3.47. The predicted molar refractivity (Wildman–Crippen MR) is 110 cm³/mol. The molecule has 0 radical (unpaired) electrons. The number of pyridine rings is 1. The first kappa shape index (κ1) is 15.0. The Bertz CT molecular complexity index is 1340. The highest BCUT2D eigenvalue weighted by Crippen LogP contribution is 2.39. The second-order valence-electron chi connectivity index (χ2n) is 7.29. The molecule has 134 valence electrons. The summed E-state index contributed by atoms with van der Waals surface area (Å²) in [7, 11) is 1.86. The standard InChI is InChI=1S/C24H23N2O/c1-14(2)17-8-10-21(26(6)13-17)23-15(3)7-9-18-19-11-16(4)20(25-5)12-22(19)27-24(18)23/h7-14H,1-4,6H3/q+1/i13D,14D. The zero-order chi connectivity index (χ0) is 21.1. The number of hydrogen-bond acceptors (Lipinski definition) is 1. The van der Waals surface area contributed by atoms with Crippen LogP contribution in [0.2, 0.25) is 0 Å². The molecule has 0 amide bonds. The van der Waals surface area contributed by atoms with Crippen LogP contribution in [0.1, 0.15) is 39.2 Å². The Morgan fingerprint density at radius 1 is 1.11 bits per heavy atom. The number of benzene rings is 2. The molecule has 2 aromatic carbocycles. The van der Waals surface area contributed by atoms with Gasteiger partial charge in [-0.3, -0.25) is 0 Å². The third-order valence-corrected chi connectivity index (χ3v) is 5.14. The van der Waals surface area contributed by atoms with E-state index in [4.69, 9.17) is 13.7 Å². The maximum absolute atomic E-state index is 8.59. The summed E-state index contributed by atoms with van der Waals surface area (Å²) in [4.78, 5) is 3.59. The minimum atomic E-state index is -0.846. The van der Waals surface area contributed by atoms with Crippen molar-refractivity contribution in [3.8, 4) is 11.3 Å². The van der Waals surface area contributed by atoms with Gasteiger partial charge in [0.2, 0.25) is 5.69 Å². The average Bonchev–Trinajstić information content (AvgIpc) is 3.00. The smallest absolute Gasteiger partial charge is 0.216 e. The van der Waals surface area contributed by atoms with Crippen LogP contribution in [0.4, 0.5) is 5.69 Å². The Hall–Kier alpha value is -3.12. The largest absolute Gasteiger partial charge is 0.456 e. The quantitative estimate of drug-likeness (QED) is 0.302. The molecule has 27 heavy (non-hydrogen) atoms. The van der Waals surface area contributed by atoms with Crippen molar-refractivity contribution in [3.63, 3.8) is 0 Å². The molecule has 0 aliphatic carbocycles. The van der Waals surface area contributed by atoms with E-state index in [1.54, 1.807) is 19.9 Å². The van der Waals surface area contributed by atoms with Gasteiger partial charge in [-0.15, -0.1) is 0 Å². The maximum atomic E-state index is 8.59. The van der Waals surface area contributed by atoms with E-state index in [9.17, 15) is 0 Å². The highest BCUT2D eigenvalue weighted by molar-refractivity contribution is 6.10. The summed E-state index contributed by atoms with van der Waals surface area (Å²) in [6.07, 6.45) is 0.321. The Morgan fingerprint density at radius 3 is 2.59 bits per heavy atom. The van der Waals surface area contributed by atoms with Gasteiger partial charge in [-0.2, -0.15) is 0 Å². The van der Waals surface area contributed by atoms with E-state index < -0.39 is 5.89 Å². The second-order valence-corrected chi connectivity index (χ2v) is 7.29. The number of aryl methyl sites for hydroxylation is 2. The van der Waals surface area contributed by atoms with Crippen molar-refractivity contribution >= 4 is 27.6 Å². The Labute approximate surface area is 162 Å². The first-order chi connectivity index (χ1) is 13.6. The van der Waals surface area contributed by atoms with E-state index >= 15 is 0 Å². The van der Waals surface area contributed by atoms with E-state index in [0.29, 0.717) is 23.0 Å². The lowest BCUT2D eigenvalue weighted by Crippen LogP contribution is -2.31. The molecule has 0 fully saturated rings. The summed E-state index contributed by atoms with van der Waals surface area (Å²) in [6.45, 7) is 14.9. The maximum Gasteiger partial charge on any atom is 0.216 e. The molecule has 3 heteroatoms. The lowest BCUT2D eigenvalue weighted by atomic mass is 9.98. The normalized spacial score (nSPS) is 12.9. The summed E-state index contributed by atoms with van der Waals surface area (Å²) in [5.74, 6) is -0.846. The SMILES string of the molecule is [2H]c1c(C([2H])(C)C)ccc(-c2c(C)ccc3c2oc2cc([N+]#[C-])c(C)cc23)[n+]1C. The van der Waals surface area contributed by atoms with Crippen LogP contribution in [0, 0.1) is 20.4 Å². The van der Waals surface area contributed by atoms with Crippen molar-refractivity contribution in [2.45, 2.75) is 33.6 Å². The van der Waals surface area contributed by atoms with Crippen LogP contribution in [-0.2, 0) is 7.05 Å².